The molecule has 0 aromatic carbocycles. The van der Waals surface area contributed by atoms with Gasteiger partial charge < -0.3 is 4.99 Å². The fraction of sp³-hybridized carbons (Fsp3) is 0.300. The summed E-state index contributed by atoms with van der Waals surface area (Å²) >= 11 is 0. The normalized spacial score (nSPS) is 11.9. The molecule has 0 aliphatic carbocycles. The Morgan fingerprint density at radius 1 is 1.55 bits per heavy atom. The summed E-state index contributed by atoms with van der Waals surface area (Å²) in [6, 6.07) is 0. The molecule has 0 atom stereocenters. The highest BCUT2D eigenvalue weighted by atomic mass is 14.7. The summed E-state index contributed by atoms with van der Waals surface area (Å²) in [6.07, 6.45) is 8.77. The zero-order valence-corrected chi connectivity index (χ0v) is 7.09. The van der Waals surface area contributed by atoms with E-state index in [2.05, 4.69) is 24.4 Å². The fourth-order valence-corrected chi connectivity index (χ4v) is 0.724. The molecule has 11 heavy (non-hydrogen) atoms. The predicted octanol–water partition coefficient (Wildman–Crippen LogP) is 2.77. The zero-order valence-electron chi connectivity index (χ0n) is 7.09. The molecule has 60 valence electrons. The highest BCUT2D eigenvalue weighted by molar-refractivity contribution is 5.25. The van der Waals surface area contributed by atoms with Gasteiger partial charge in [-0.3, -0.25) is 0 Å². The lowest BCUT2D eigenvalue weighted by molar-refractivity contribution is 0.979. The lowest BCUT2D eigenvalue weighted by Gasteiger charge is -1.95. The van der Waals surface area contributed by atoms with E-state index in [-0.39, 0.29) is 0 Å². The van der Waals surface area contributed by atoms with Gasteiger partial charge in [0.2, 0.25) is 0 Å². The summed E-state index contributed by atoms with van der Waals surface area (Å²) in [5.74, 6) is 0. The molecule has 1 nitrogen and oxygen atoms in total. The highest BCUT2D eigenvalue weighted by Gasteiger charge is 1.87. The second kappa shape index (κ2) is 7.00. The largest absolute Gasteiger partial charge is 0.301 e. The molecule has 0 rings (SSSR count). The highest BCUT2D eigenvalue weighted by Crippen LogP contribution is 2.02. The Morgan fingerprint density at radius 2 is 2.27 bits per heavy atom. The Balaban J connectivity index is 3.86. The van der Waals surface area contributed by atoms with Crippen molar-refractivity contribution in [2.45, 2.75) is 13.3 Å². The lowest BCUT2D eigenvalue weighted by atomic mass is 10.1. The standard InChI is InChI=1S/C10H15N/c1-4-6-7-10(5-2)8-9-11-3/h4-7H,1,3,8-9H2,2H3/b7-6+,10-5+. The van der Waals surface area contributed by atoms with Gasteiger partial charge in [0.05, 0.1) is 0 Å². The first-order valence-corrected chi connectivity index (χ1v) is 3.72. The number of allylic oxidation sites excluding steroid dienone is 4. The third-order valence-electron chi connectivity index (χ3n) is 1.38. The average Bonchev–Trinajstić information content (AvgIpc) is 2.05. The third-order valence-corrected chi connectivity index (χ3v) is 1.38. The van der Waals surface area contributed by atoms with Crippen LogP contribution in [0.1, 0.15) is 13.3 Å². The molecule has 1 heteroatoms. The minimum absolute atomic E-state index is 0.793. The van der Waals surface area contributed by atoms with E-state index in [1.54, 1.807) is 6.08 Å². The molecule has 0 aromatic heterocycles. The maximum Gasteiger partial charge on any atom is 0.0422 e. The number of hydrogen-bond acceptors (Lipinski definition) is 1. The summed E-state index contributed by atoms with van der Waals surface area (Å²) < 4.78 is 0. The third kappa shape index (κ3) is 5.34. The van der Waals surface area contributed by atoms with Crippen LogP contribution in [0.3, 0.4) is 0 Å². The van der Waals surface area contributed by atoms with Crippen molar-refractivity contribution in [1.82, 2.24) is 0 Å². The maximum atomic E-state index is 3.78. The summed E-state index contributed by atoms with van der Waals surface area (Å²) in [7, 11) is 0. The van der Waals surface area contributed by atoms with Crippen molar-refractivity contribution >= 4 is 6.72 Å². The number of hydrogen-bond donors (Lipinski definition) is 0. The van der Waals surface area contributed by atoms with Crippen LogP contribution in [0, 0.1) is 0 Å². The van der Waals surface area contributed by atoms with Gasteiger partial charge in [-0.25, -0.2) is 0 Å². The van der Waals surface area contributed by atoms with E-state index in [4.69, 9.17) is 0 Å². The van der Waals surface area contributed by atoms with Crippen molar-refractivity contribution in [3.8, 4) is 0 Å². The van der Waals surface area contributed by atoms with Crippen molar-refractivity contribution in [3.05, 3.63) is 36.5 Å². The van der Waals surface area contributed by atoms with Crippen LogP contribution in [0.2, 0.25) is 0 Å². The molecule has 0 aliphatic heterocycles. The van der Waals surface area contributed by atoms with Gasteiger partial charge in [0.1, 0.15) is 0 Å². The van der Waals surface area contributed by atoms with Gasteiger partial charge in [-0.1, -0.05) is 36.5 Å². The van der Waals surface area contributed by atoms with E-state index in [1.165, 1.54) is 5.57 Å². The van der Waals surface area contributed by atoms with Crippen LogP contribution < -0.4 is 0 Å². The van der Waals surface area contributed by atoms with E-state index in [9.17, 15) is 0 Å². The van der Waals surface area contributed by atoms with Gasteiger partial charge in [0.25, 0.3) is 0 Å². The van der Waals surface area contributed by atoms with Crippen molar-refractivity contribution < 1.29 is 0 Å². The molecule has 0 radical (unpaired) electrons. The molecule has 0 unspecified atom stereocenters. The molecule has 0 fully saturated rings. The van der Waals surface area contributed by atoms with Crippen LogP contribution >= 0.6 is 0 Å². The molecular formula is C10H15N. The first kappa shape index (κ1) is 9.89. The first-order chi connectivity index (χ1) is 5.35. The second-order valence-corrected chi connectivity index (χ2v) is 2.16. The van der Waals surface area contributed by atoms with Crippen LogP contribution in [-0.2, 0) is 0 Å². The van der Waals surface area contributed by atoms with Crippen molar-refractivity contribution in [1.29, 1.82) is 0 Å². The Labute approximate surface area is 68.9 Å². The van der Waals surface area contributed by atoms with Crippen LogP contribution in [0.4, 0.5) is 0 Å². The van der Waals surface area contributed by atoms with Gasteiger partial charge in [-0.15, -0.1) is 0 Å². The quantitative estimate of drug-likeness (QED) is 0.421. The Morgan fingerprint density at radius 3 is 2.73 bits per heavy atom. The van der Waals surface area contributed by atoms with E-state index in [0.717, 1.165) is 13.0 Å². The van der Waals surface area contributed by atoms with Crippen LogP contribution in [-0.4, -0.2) is 13.3 Å². The maximum absolute atomic E-state index is 3.78. The number of nitrogens with zero attached hydrogens (tertiary/aromatic N) is 1. The lowest BCUT2D eigenvalue weighted by Crippen LogP contribution is -1.82. The average molecular weight is 149 g/mol. The predicted molar refractivity (Wildman–Crippen MR) is 52.1 cm³/mol. The molecule has 0 saturated carbocycles. The molecular weight excluding hydrogens is 134 g/mol. The SMILES string of the molecule is C=C/C=C/C(=C\C)CCN=C. The van der Waals surface area contributed by atoms with Crippen LogP contribution in [0.5, 0.6) is 0 Å². The van der Waals surface area contributed by atoms with Gasteiger partial charge in [0, 0.05) is 6.54 Å². The van der Waals surface area contributed by atoms with Crippen molar-refractivity contribution in [3.63, 3.8) is 0 Å². The Bertz CT molecular complexity index is 175. The molecule has 0 spiro atoms. The van der Waals surface area contributed by atoms with E-state index in [0.29, 0.717) is 0 Å². The molecule has 0 heterocycles. The van der Waals surface area contributed by atoms with Crippen LogP contribution in [0.15, 0.2) is 41.4 Å². The topological polar surface area (TPSA) is 12.4 Å². The molecule has 0 amide bonds. The van der Waals surface area contributed by atoms with E-state index < -0.39 is 0 Å². The smallest absolute Gasteiger partial charge is 0.0422 e. The van der Waals surface area contributed by atoms with Crippen molar-refractivity contribution in [2.24, 2.45) is 4.99 Å². The van der Waals surface area contributed by atoms with E-state index in [1.807, 2.05) is 19.1 Å². The number of aliphatic imine (C=N–C) groups is 1. The molecule has 0 N–H and O–H groups in total. The van der Waals surface area contributed by atoms with Gasteiger partial charge in [0.15, 0.2) is 0 Å². The minimum Gasteiger partial charge on any atom is -0.301 e. The summed E-state index contributed by atoms with van der Waals surface area (Å²) in [6.45, 7) is 9.84. The fourth-order valence-electron chi connectivity index (χ4n) is 0.724. The Hall–Kier alpha value is -1.11. The van der Waals surface area contributed by atoms with Gasteiger partial charge in [-0.2, -0.15) is 0 Å². The van der Waals surface area contributed by atoms with Crippen LogP contribution in [0.25, 0.3) is 0 Å². The monoisotopic (exact) mass is 149 g/mol. The summed E-state index contributed by atoms with van der Waals surface area (Å²) in [5, 5.41) is 0. The molecule has 0 aromatic rings. The minimum atomic E-state index is 0.793. The summed E-state index contributed by atoms with van der Waals surface area (Å²) in [5.41, 5.74) is 1.28. The molecule has 0 aliphatic rings. The number of rotatable bonds is 5. The van der Waals surface area contributed by atoms with Crippen molar-refractivity contribution in [2.75, 3.05) is 6.54 Å². The second-order valence-electron chi connectivity index (χ2n) is 2.16. The molecule has 0 bridgehead atoms. The summed E-state index contributed by atoms with van der Waals surface area (Å²) in [4.78, 5) is 3.78. The molecule has 0 saturated heterocycles. The van der Waals surface area contributed by atoms with Gasteiger partial charge in [-0.05, 0) is 20.1 Å². The zero-order chi connectivity index (χ0) is 8.53. The first-order valence-electron chi connectivity index (χ1n) is 3.72. The Kier molecular flexibility index (Phi) is 6.30. The van der Waals surface area contributed by atoms with E-state index >= 15 is 0 Å². The van der Waals surface area contributed by atoms with Gasteiger partial charge >= 0.3 is 0 Å².